The number of rotatable bonds is 5. The van der Waals surface area contributed by atoms with Gasteiger partial charge in [0, 0.05) is 24.6 Å². The number of aryl methyl sites for hydroxylation is 1. The fourth-order valence-corrected chi connectivity index (χ4v) is 1.78. The average Bonchev–Trinajstić information content (AvgIpc) is 2.40. The molecule has 17 heavy (non-hydrogen) atoms. The number of pyridine rings is 1. The number of aromatic nitrogens is 1. The van der Waals surface area contributed by atoms with E-state index in [-0.39, 0.29) is 0 Å². The van der Waals surface area contributed by atoms with Gasteiger partial charge in [0.1, 0.15) is 0 Å². The van der Waals surface area contributed by atoms with E-state index >= 15 is 0 Å². The molecule has 0 atom stereocenters. The Morgan fingerprint density at radius 2 is 1.88 bits per heavy atom. The first kappa shape index (κ1) is 11.6. The fraction of sp³-hybridized carbons (Fsp3) is 0.267. The smallest absolute Gasteiger partial charge is 0.0416 e. The molecule has 0 bridgehead atoms. The zero-order valence-corrected chi connectivity index (χ0v) is 10.2. The highest BCUT2D eigenvalue weighted by atomic mass is 14.9. The maximum atomic E-state index is 4.10. The second kappa shape index (κ2) is 6.04. The molecule has 0 aliphatic heterocycles. The van der Waals surface area contributed by atoms with Crippen LogP contribution in [0.3, 0.4) is 0 Å². The Bertz CT molecular complexity index is 434. The summed E-state index contributed by atoms with van der Waals surface area (Å²) in [4.78, 5) is 4.10. The molecule has 0 saturated carbocycles. The van der Waals surface area contributed by atoms with Crippen LogP contribution in [0.5, 0.6) is 0 Å². The van der Waals surface area contributed by atoms with Gasteiger partial charge in [-0.1, -0.05) is 31.5 Å². The number of anilines is 1. The summed E-state index contributed by atoms with van der Waals surface area (Å²) in [5.41, 5.74) is 3.76. The Morgan fingerprint density at radius 1 is 1.06 bits per heavy atom. The summed E-state index contributed by atoms with van der Waals surface area (Å²) in [6.07, 6.45) is 6.03. The van der Waals surface area contributed by atoms with E-state index < -0.39 is 0 Å². The van der Waals surface area contributed by atoms with Crippen LogP contribution < -0.4 is 5.32 Å². The topological polar surface area (TPSA) is 24.9 Å². The van der Waals surface area contributed by atoms with Crippen molar-refractivity contribution in [2.75, 3.05) is 5.32 Å². The maximum absolute atomic E-state index is 4.10. The molecule has 1 aromatic carbocycles. The quantitative estimate of drug-likeness (QED) is 0.841. The van der Waals surface area contributed by atoms with Crippen LogP contribution in [0.2, 0.25) is 0 Å². The van der Waals surface area contributed by atoms with Gasteiger partial charge in [-0.25, -0.2) is 0 Å². The zero-order valence-electron chi connectivity index (χ0n) is 10.2. The summed E-state index contributed by atoms with van der Waals surface area (Å²) < 4.78 is 0. The minimum atomic E-state index is 0.820. The first-order chi connectivity index (χ1) is 8.38. The third-order valence-corrected chi connectivity index (χ3v) is 2.71. The molecule has 0 amide bonds. The van der Waals surface area contributed by atoms with Crippen LogP contribution in [0.4, 0.5) is 5.69 Å². The molecule has 2 rings (SSSR count). The van der Waals surface area contributed by atoms with Gasteiger partial charge < -0.3 is 5.32 Å². The molecule has 0 unspecified atom stereocenters. The number of benzene rings is 1. The van der Waals surface area contributed by atoms with Gasteiger partial charge in [-0.3, -0.25) is 4.98 Å². The third-order valence-electron chi connectivity index (χ3n) is 2.71. The van der Waals surface area contributed by atoms with E-state index in [9.17, 15) is 0 Å². The van der Waals surface area contributed by atoms with Crippen LogP contribution in [0, 0.1) is 0 Å². The second-order valence-electron chi connectivity index (χ2n) is 4.16. The molecule has 1 N–H and O–H groups in total. The van der Waals surface area contributed by atoms with Crippen LogP contribution >= 0.6 is 0 Å². The van der Waals surface area contributed by atoms with Crippen molar-refractivity contribution in [3.05, 3.63) is 59.9 Å². The lowest BCUT2D eigenvalue weighted by atomic mass is 10.1. The van der Waals surface area contributed by atoms with E-state index in [2.05, 4.69) is 47.6 Å². The van der Waals surface area contributed by atoms with E-state index in [4.69, 9.17) is 0 Å². The highest BCUT2D eigenvalue weighted by Crippen LogP contribution is 2.12. The number of nitrogens with zero attached hydrogens (tertiary/aromatic N) is 1. The lowest BCUT2D eigenvalue weighted by Crippen LogP contribution is -1.99. The lowest BCUT2D eigenvalue weighted by molar-refractivity contribution is 0.922. The summed E-state index contributed by atoms with van der Waals surface area (Å²) in [7, 11) is 0. The van der Waals surface area contributed by atoms with Crippen LogP contribution in [-0.2, 0) is 13.0 Å². The standard InChI is InChI=1S/C15H18N2/c1-2-4-13-6-8-15(9-7-13)17-12-14-5-3-10-16-11-14/h3,5-11,17H,2,4,12H2,1H3. The van der Waals surface area contributed by atoms with Gasteiger partial charge in [-0.05, 0) is 35.7 Å². The Labute approximate surface area is 103 Å². The van der Waals surface area contributed by atoms with Crippen molar-refractivity contribution in [1.29, 1.82) is 0 Å². The van der Waals surface area contributed by atoms with E-state index in [0.717, 1.165) is 18.7 Å². The van der Waals surface area contributed by atoms with Crippen molar-refractivity contribution in [3.8, 4) is 0 Å². The molecule has 1 heterocycles. The Kier molecular flexibility index (Phi) is 4.14. The molecule has 1 aromatic heterocycles. The summed E-state index contributed by atoms with van der Waals surface area (Å²) in [5, 5.41) is 3.39. The molecule has 0 spiro atoms. The average molecular weight is 226 g/mol. The second-order valence-corrected chi connectivity index (χ2v) is 4.16. The molecule has 0 fully saturated rings. The summed E-state index contributed by atoms with van der Waals surface area (Å²) in [6.45, 7) is 3.02. The van der Waals surface area contributed by atoms with Crippen LogP contribution in [0.1, 0.15) is 24.5 Å². The largest absolute Gasteiger partial charge is 0.381 e. The molecule has 2 aromatic rings. The van der Waals surface area contributed by atoms with Crippen molar-refractivity contribution in [2.45, 2.75) is 26.3 Å². The molecule has 0 aliphatic rings. The van der Waals surface area contributed by atoms with Gasteiger partial charge >= 0.3 is 0 Å². The van der Waals surface area contributed by atoms with E-state index in [0.29, 0.717) is 0 Å². The third kappa shape index (κ3) is 3.59. The van der Waals surface area contributed by atoms with Crippen molar-refractivity contribution in [2.24, 2.45) is 0 Å². The van der Waals surface area contributed by atoms with E-state index in [1.165, 1.54) is 17.5 Å². The first-order valence-corrected chi connectivity index (χ1v) is 6.10. The predicted octanol–water partition coefficient (Wildman–Crippen LogP) is 3.65. The number of hydrogen-bond donors (Lipinski definition) is 1. The van der Waals surface area contributed by atoms with E-state index in [1.54, 1.807) is 6.20 Å². The summed E-state index contributed by atoms with van der Waals surface area (Å²) in [6, 6.07) is 12.7. The van der Waals surface area contributed by atoms with Gasteiger partial charge in [0.2, 0.25) is 0 Å². The lowest BCUT2D eigenvalue weighted by Gasteiger charge is -2.07. The van der Waals surface area contributed by atoms with Gasteiger partial charge in [0.25, 0.3) is 0 Å². The molecular formula is C15H18N2. The van der Waals surface area contributed by atoms with Crippen molar-refractivity contribution in [1.82, 2.24) is 4.98 Å². The normalized spacial score (nSPS) is 10.2. The van der Waals surface area contributed by atoms with Crippen LogP contribution in [0.15, 0.2) is 48.8 Å². The number of nitrogens with one attached hydrogen (secondary N) is 1. The SMILES string of the molecule is CCCc1ccc(NCc2cccnc2)cc1. The minimum absolute atomic E-state index is 0.820. The fourth-order valence-electron chi connectivity index (χ4n) is 1.78. The Morgan fingerprint density at radius 3 is 2.53 bits per heavy atom. The van der Waals surface area contributed by atoms with E-state index in [1.807, 2.05) is 12.3 Å². The predicted molar refractivity (Wildman–Crippen MR) is 72.0 cm³/mol. The highest BCUT2D eigenvalue weighted by Gasteiger charge is 1.95. The molecule has 88 valence electrons. The molecular weight excluding hydrogens is 208 g/mol. The molecule has 0 aliphatic carbocycles. The molecule has 2 heteroatoms. The Balaban J connectivity index is 1.91. The van der Waals surface area contributed by atoms with Gasteiger partial charge in [0.15, 0.2) is 0 Å². The molecule has 0 radical (unpaired) electrons. The van der Waals surface area contributed by atoms with Gasteiger partial charge in [-0.2, -0.15) is 0 Å². The summed E-state index contributed by atoms with van der Waals surface area (Å²) in [5.74, 6) is 0. The number of hydrogen-bond acceptors (Lipinski definition) is 2. The van der Waals surface area contributed by atoms with Gasteiger partial charge in [0.05, 0.1) is 0 Å². The summed E-state index contributed by atoms with van der Waals surface area (Å²) >= 11 is 0. The monoisotopic (exact) mass is 226 g/mol. The minimum Gasteiger partial charge on any atom is -0.381 e. The van der Waals surface area contributed by atoms with Gasteiger partial charge in [-0.15, -0.1) is 0 Å². The van der Waals surface area contributed by atoms with Crippen LogP contribution in [-0.4, -0.2) is 4.98 Å². The highest BCUT2D eigenvalue weighted by molar-refractivity contribution is 5.45. The molecule has 2 nitrogen and oxygen atoms in total. The van der Waals surface area contributed by atoms with Crippen molar-refractivity contribution < 1.29 is 0 Å². The maximum Gasteiger partial charge on any atom is 0.0416 e. The zero-order chi connectivity index (χ0) is 11.9. The molecule has 0 saturated heterocycles. The van der Waals surface area contributed by atoms with Crippen molar-refractivity contribution >= 4 is 5.69 Å². The Hall–Kier alpha value is -1.83. The van der Waals surface area contributed by atoms with Crippen LogP contribution in [0.25, 0.3) is 0 Å². The van der Waals surface area contributed by atoms with Crippen molar-refractivity contribution in [3.63, 3.8) is 0 Å². The first-order valence-electron chi connectivity index (χ1n) is 6.10.